The summed E-state index contributed by atoms with van der Waals surface area (Å²) in [7, 11) is 0. The summed E-state index contributed by atoms with van der Waals surface area (Å²) in [6.07, 6.45) is -17.7. The van der Waals surface area contributed by atoms with Crippen LogP contribution in [0.1, 0.15) is 65.8 Å². The number of carbonyl (C=O) groups is 11. The van der Waals surface area contributed by atoms with Crippen LogP contribution in [0, 0.1) is 5.92 Å². The molecule has 8 rings (SSSR count). The van der Waals surface area contributed by atoms with Crippen molar-refractivity contribution in [2.45, 2.75) is 72.9 Å². The molecule has 0 saturated carbocycles. The summed E-state index contributed by atoms with van der Waals surface area (Å²) < 4.78 is 39.5. The second-order valence-electron chi connectivity index (χ2n) is 19.3. The Bertz CT molecular complexity index is 3640. The molecule has 4 heterocycles. The Morgan fingerprint density at radius 3 is 1.77 bits per heavy atom. The summed E-state index contributed by atoms with van der Waals surface area (Å²) in [5, 5.41) is 161. The highest BCUT2D eigenvalue weighted by Gasteiger charge is 2.59. The fourth-order valence-electron chi connectivity index (χ4n) is 9.57. The standard InChI is InChI=1S/C51H45N3O33S/c52-15(43(71)72)1-2-23(60)54-16(42(70)53-8-24(61)62)10-88-41(44(73)74)29-28-27-14(7-21(59)33(66)38(27)84-50(80)36(28)69)48(78)86-40-39-37(83-49(29)79)22(82-51(40)87-45(75)11-3-17(55)30(63)18(56)4-11)9-81-46(76)12-5-19(57)31(64)34(67)25(12)26-13(47(77)85-39)6-20(58)32(65)35(26)68/h3-7,15-16,22,28-29,36-37,39-41,51,55-59,63-69H,1-2,8-10,52H2,(H,53,70)(H,54,60)(H,61,62)(H,71,72)(H,73,74)/t15-,16?,22+,28+,29+,36-,37+,39-,40+,41-,51-/m0/s1. The van der Waals surface area contributed by atoms with E-state index < -0.39 is 271 Å². The van der Waals surface area contributed by atoms with Gasteiger partial charge in [-0.1, -0.05) is 0 Å². The largest absolute Gasteiger partial charge is 0.504 e. The van der Waals surface area contributed by atoms with Crippen LogP contribution >= 0.6 is 11.8 Å². The fourth-order valence-corrected chi connectivity index (χ4v) is 10.8. The first-order valence-corrected chi connectivity index (χ1v) is 25.9. The van der Waals surface area contributed by atoms with E-state index in [9.17, 15) is 115 Å². The van der Waals surface area contributed by atoms with Crippen molar-refractivity contribution in [3.8, 4) is 80.1 Å². The van der Waals surface area contributed by atoms with Gasteiger partial charge in [-0.25, -0.2) is 24.0 Å². The van der Waals surface area contributed by atoms with Crippen LogP contribution in [0.15, 0.2) is 30.3 Å². The van der Waals surface area contributed by atoms with Crippen molar-refractivity contribution in [1.82, 2.24) is 10.6 Å². The first-order valence-electron chi connectivity index (χ1n) is 24.9. The summed E-state index contributed by atoms with van der Waals surface area (Å²) in [5.74, 6) is -42.5. The van der Waals surface area contributed by atoms with Crippen molar-refractivity contribution >= 4 is 77.3 Å². The van der Waals surface area contributed by atoms with E-state index in [0.29, 0.717) is 24.3 Å². The number of hydrogen-bond donors (Lipinski definition) is 18. The molecule has 0 aromatic heterocycles. The summed E-state index contributed by atoms with van der Waals surface area (Å²) >= 11 is -0.0395. The summed E-state index contributed by atoms with van der Waals surface area (Å²) in [4.78, 5) is 151. The van der Waals surface area contributed by atoms with E-state index in [4.69, 9.17) is 38.9 Å². The second kappa shape index (κ2) is 24.6. The van der Waals surface area contributed by atoms with E-state index >= 15 is 14.4 Å². The summed E-state index contributed by atoms with van der Waals surface area (Å²) in [5.41, 5.74) is -2.57. The number of rotatable bonds is 15. The van der Waals surface area contributed by atoms with Crippen molar-refractivity contribution in [2.75, 3.05) is 18.9 Å². The number of aliphatic carboxylic acids is 3. The molecule has 4 aliphatic rings. The van der Waals surface area contributed by atoms with Gasteiger partial charge in [-0.2, -0.15) is 0 Å². The Hall–Kier alpha value is -10.9. The number of carboxylic acid groups (broad SMARTS) is 3. The van der Waals surface area contributed by atoms with Crippen molar-refractivity contribution in [1.29, 1.82) is 0 Å². The predicted octanol–water partition coefficient (Wildman–Crippen LogP) is -2.41. The van der Waals surface area contributed by atoms with Crippen LogP contribution in [-0.2, 0) is 62.0 Å². The number of carboxylic acids is 3. The smallest absolute Gasteiger partial charge is 0.341 e. The third-order valence-electron chi connectivity index (χ3n) is 13.8. The number of carbonyl (C=O) groups excluding carboxylic acids is 8. The van der Waals surface area contributed by atoms with Crippen LogP contribution in [0.3, 0.4) is 0 Å². The van der Waals surface area contributed by atoms with Gasteiger partial charge in [-0.05, 0) is 36.8 Å². The Labute approximate surface area is 490 Å². The monoisotopic (exact) mass is 1260 g/mol. The number of amides is 2. The van der Waals surface area contributed by atoms with Gasteiger partial charge in [-0.3, -0.25) is 28.8 Å². The zero-order chi connectivity index (χ0) is 64.8. The molecule has 4 bridgehead atoms. The summed E-state index contributed by atoms with van der Waals surface area (Å²) in [6.45, 7) is -2.63. The van der Waals surface area contributed by atoms with Gasteiger partial charge >= 0.3 is 53.7 Å². The molecule has 0 radical (unpaired) electrons. The van der Waals surface area contributed by atoms with Crippen LogP contribution in [0.4, 0.5) is 0 Å². The SMILES string of the molecule is N[C@@H](CCC(=O)NC(CS[C@H](C(=O)O)[C@@H]1C(=O)O[C@H]2[C@@H]3OC(=O)c4cc(O)c(O)c(O)c4-c4c(cc(O)c(O)c4O)C(=O)OC[C@H]2O[C@@H](OC(=O)c2cc(O)c(O)c(O)c2)[C@@H]3OC(=O)c2cc(O)c(O)c3c2[C@H]1[C@H](O)C(=O)O3)C(=O)NCC(=O)O)C(=O)O. The molecule has 19 N–H and O–H groups in total. The number of esters is 6. The Morgan fingerprint density at radius 1 is 0.648 bits per heavy atom. The number of phenolic OH excluding ortho intramolecular Hbond substituents is 11. The number of nitrogens with one attached hydrogen (secondary N) is 2. The van der Waals surface area contributed by atoms with Gasteiger partial charge in [0.15, 0.2) is 70.1 Å². The van der Waals surface area contributed by atoms with E-state index in [1.807, 2.05) is 5.32 Å². The lowest BCUT2D eigenvalue weighted by Gasteiger charge is -2.44. The molecule has 0 spiro atoms. The maximum Gasteiger partial charge on any atom is 0.341 e. The molecule has 4 aromatic rings. The first kappa shape index (κ1) is 63.1. The maximum atomic E-state index is 15.6. The molecule has 11 atom stereocenters. The zero-order valence-corrected chi connectivity index (χ0v) is 44.6. The molecule has 2 amide bonds. The number of fused-ring (bicyclic) bond motifs is 3. The van der Waals surface area contributed by atoms with Gasteiger partial charge in [-0.15, -0.1) is 11.8 Å². The number of nitrogens with two attached hydrogens (primary N) is 1. The van der Waals surface area contributed by atoms with Crippen molar-refractivity contribution in [3.05, 3.63) is 58.1 Å². The van der Waals surface area contributed by atoms with Crippen molar-refractivity contribution in [3.63, 3.8) is 0 Å². The Morgan fingerprint density at radius 2 is 1.19 bits per heavy atom. The van der Waals surface area contributed by atoms with E-state index in [1.165, 1.54) is 0 Å². The van der Waals surface area contributed by atoms with Gasteiger partial charge < -0.3 is 126 Å². The lowest BCUT2D eigenvalue weighted by molar-refractivity contribution is -0.287. The van der Waals surface area contributed by atoms with E-state index in [-0.39, 0.29) is 17.8 Å². The average molecular weight is 1260 g/mol. The normalized spacial score (nSPS) is 22.3. The van der Waals surface area contributed by atoms with E-state index in [2.05, 4.69) is 5.32 Å². The first-order chi connectivity index (χ1) is 41.3. The molecule has 468 valence electrons. The number of cyclic esters (lactones) is 1. The van der Waals surface area contributed by atoms with Crippen LogP contribution < -0.4 is 21.1 Å². The van der Waals surface area contributed by atoms with E-state index in [1.54, 1.807) is 0 Å². The minimum absolute atomic E-state index is 0.0395. The Balaban J connectivity index is 1.36. The molecular formula is C51H45N3O33S. The van der Waals surface area contributed by atoms with Crippen LogP contribution in [0.5, 0.6) is 69.0 Å². The van der Waals surface area contributed by atoms with Crippen molar-refractivity contribution in [2.24, 2.45) is 11.7 Å². The molecule has 4 aromatic carbocycles. The van der Waals surface area contributed by atoms with Crippen LogP contribution in [0.25, 0.3) is 11.1 Å². The molecule has 1 unspecified atom stereocenters. The molecular weight excluding hydrogens is 1210 g/mol. The lowest BCUT2D eigenvalue weighted by Crippen LogP contribution is -2.63. The number of aliphatic hydroxyl groups is 1. The second-order valence-corrected chi connectivity index (χ2v) is 20.5. The van der Waals surface area contributed by atoms with Crippen LogP contribution in [-0.4, -0.2) is 215 Å². The molecule has 1 saturated heterocycles. The fraction of sp³-hybridized carbons (Fsp3) is 0.314. The number of thioether (sulfide) groups is 1. The zero-order valence-electron chi connectivity index (χ0n) is 43.8. The third kappa shape index (κ3) is 12.0. The topological polar surface area (TPSA) is 606 Å². The molecule has 37 heteroatoms. The Kier molecular flexibility index (Phi) is 17.6. The van der Waals surface area contributed by atoms with Gasteiger partial charge in [0.25, 0.3) is 0 Å². The minimum atomic E-state index is -2.90. The van der Waals surface area contributed by atoms with Gasteiger partial charge in [0, 0.05) is 34.8 Å². The van der Waals surface area contributed by atoms with Gasteiger partial charge in [0.05, 0.1) is 28.2 Å². The van der Waals surface area contributed by atoms with Gasteiger partial charge in [0.1, 0.15) is 36.6 Å². The average Bonchev–Trinajstić information content (AvgIpc) is 1.08. The highest BCUT2D eigenvalue weighted by molar-refractivity contribution is 8.00. The lowest BCUT2D eigenvalue weighted by atomic mass is 9.76. The van der Waals surface area contributed by atoms with E-state index in [0.717, 1.165) is 0 Å². The highest BCUT2D eigenvalue weighted by atomic mass is 32.2. The molecule has 4 aliphatic heterocycles. The minimum Gasteiger partial charge on any atom is -0.504 e. The number of ether oxygens (including phenoxy) is 7. The van der Waals surface area contributed by atoms with Crippen LogP contribution in [0.2, 0.25) is 0 Å². The number of hydrogen-bond acceptors (Lipinski definition) is 32. The summed E-state index contributed by atoms with van der Waals surface area (Å²) in [6, 6.07) is -1.75. The molecule has 88 heavy (non-hydrogen) atoms. The third-order valence-corrected chi connectivity index (χ3v) is 15.2. The molecule has 36 nitrogen and oxygen atoms in total. The quantitative estimate of drug-likeness (QED) is 0.0255. The van der Waals surface area contributed by atoms with Crippen molar-refractivity contribution < 1.29 is 162 Å². The highest BCUT2D eigenvalue weighted by Crippen LogP contribution is 2.55. The molecule has 1 fully saturated rings. The number of phenols is 11. The molecule has 0 aliphatic carbocycles. The predicted molar refractivity (Wildman–Crippen MR) is 275 cm³/mol. The number of benzene rings is 4. The maximum absolute atomic E-state index is 15.6. The number of aliphatic hydroxyl groups excluding tert-OH is 1. The number of aromatic hydroxyl groups is 11. The van der Waals surface area contributed by atoms with Gasteiger partial charge in [0.2, 0.25) is 41.5 Å².